The number of nitrogens with zero attached hydrogens (tertiary/aromatic N) is 4. The van der Waals surface area contributed by atoms with Crippen molar-refractivity contribution in [3.05, 3.63) is 41.9 Å². The third-order valence-corrected chi connectivity index (χ3v) is 5.88. The Kier molecular flexibility index (Phi) is 8.80. The number of nitrogen functional groups attached to an aromatic ring is 1. The van der Waals surface area contributed by atoms with E-state index in [1.807, 2.05) is 47.4 Å². The lowest BCUT2D eigenvalue weighted by Gasteiger charge is -2.17. The number of hydrogen-bond acceptors (Lipinski definition) is 4. The Hall–Kier alpha value is -2.50. The van der Waals surface area contributed by atoms with Crippen LogP contribution >= 0.6 is 0 Å². The van der Waals surface area contributed by atoms with Crippen molar-refractivity contribution in [3.8, 4) is 5.75 Å². The molecular weight excluding hydrogens is 386 g/mol. The number of aryl methyl sites for hydroxylation is 2. The minimum atomic E-state index is -0.138. The molecule has 0 aliphatic carbocycles. The van der Waals surface area contributed by atoms with Gasteiger partial charge in [0, 0.05) is 18.8 Å². The Morgan fingerprint density at radius 3 is 2.16 bits per heavy atom. The average molecular weight is 426 g/mol. The topological polar surface area (TPSA) is 70.4 Å². The molecule has 0 amide bonds. The summed E-state index contributed by atoms with van der Waals surface area (Å²) in [5, 5.41) is 9.38. The van der Waals surface area contributed by atoms with Crippen molar-refractivity contribution < 1.29 is 4.74 Å². The third-order valence-electron chi connectivity index (χ3n) is 5.88. The van der Waals surface area contributed by atoms with Crippen LogP contribution in [0, 0.1) is 6.92 Å². The van der Waals surface area contributed by atoms with Crippen molar-refractivity contribution in [1.82, 2.24) is 19.4 Å². The van der Waals surface area contributed by atoms with E-state index in [0.29, 0.717) is 0 Å². The largest absolute Gasteiger partial charge is 0.482 e. The number of rotatable bonds is 14. The first-order valence-electron chi connectivity index (χ1n) is 12.0. The number of benzene rings is 1. The van der Waals surface area contributed by atoms with Gasteiger partial charge in [0.25, 0.3) is 0 Å². The van der Waals surface area contributed by atoms with Crippen LogP contribution in [0.5, 0.6) is 5.75 Å². The lowest BCUT2D eigenvalue weighted by molar-refractivity contribution is 0.177. The van der Waals surface area contributed by atoms with E-state index in [2.05, 4.69) is 18.1 Å². The van der Waals surface area contributed by atoms with E-state index in [9.17, 15) is 0 Å². The van der Waals surface area contributed by atoms with Crippen molar-refractivity contribution in [2.75, 3.05) is 5.73 Å². The van der Waals surface area contributed by atoms with E-state index in [0.717, 1.165) is 41.4 Å². The molecule has 0 saturated carbocycles. The quantitative estimate of drug-likeness (QED) is 0.240. The van der Waals surface area contributed by atoms with Gasteiger partial charge in [-0.15, -0.1) is 0 Å². The molecule has 1 aromatic carbocycles. The summed E-state index contributed by atoms with van der Waals surface area (Å²) in [6.45, 7) is 4.28. The highest BCUT2D eigenvalue weighted by molar-refractivity contribution is 5.42. The number of unbranched alkanes of at least 4 members (excludes halogenated alkanes) is 9. The fourth-order valence-electron chi connectivity index (χ4n) is 4.10. The molecule has 0 aliphatic heterocycles. The number of ether oxygens (including phenoxy) is 1. The number of aromatic nitrogens is 4. The second-order valence-electron chi connectivity index (χ2n) is 8.68. The molecule has 1 atom stereocenters. The standard InChI is InChI=1S/C25H39N5O/c1-4-5-6-7-8-9-10-11-12-13-14-23(31-22-17-15-21(26)16-18-22)25-28-29(3)24-19-20(2)27-30(24)25/h15-19,23H,4-14,26H2,1-3H3. The minimum absolute atomic E-state index is 0.138. The van der Waals surface area contributed by atoms with Gasteiger partial charge in [-0.3, -0.25) is 0 Å². The fraction of sp³-hybridized carbons (Fsp3) is 0.600. The summed E-state index contributed by atoms with van der Waals surface area (Å²) in [7, 11) is 1.96. The molecule has 0 bridgehead atoms. The van der Waals surface area contributed by atoms with Crippen LogP contribution in [0.2, 0.25) is 0 Å². The molecular formula is C25H39N5O. The van der Waals surface area contributed by atoms with Gasteiger partial charge in [-0.25, -0.2) is 4.68 Å². The zero-order valence-corrected chi connectivity index (χ0v) is 19.5. The molecule has 6 heteroatoms. The Morgan fingerprint density at radius 2 is 1.52 bits per heavy atom. The lowest BCUT2D eigenvalue weighted by Crippen LogP contribution is -2.13. The Labute approximate surface area is 186 Å². The summed E-state index contributed by atoms with van der Waals surface area (Å²) in [6.07, 6.45) is 14.0. The molecule has 3 rings (SSSR count). The van der Waals surface area contributed by atoms with Crippen LogP contribution in [-0.2, 0) is 7.05 Å². The Bertz CT molecular complexity index is 912. The first-order valence-corrected chi connectivity index (χ1v) is 12.0. The highest BCUT2D eigenvalue weighted by Gasteiger charge is 2.22. The molecule has 0 spiro atoms. The maximum atomic E-state index is 6.38. The molecule has 2 aromatic heterocycles. The highest BCUT2D eigenvalue weighted by atomic mass is 16.5. The van der Waals surface area contributed by atoms with Gasteiger partial charge in [0.05, 0.1) is 5.69 Å². The first-order chi connectivity index (χ1) is 15.1. The molecule has 0 saturated heterocycles. The van der Waals surface area contributed by atoms with E-state index < -0.39 is 0 Å². The zero-order chi connectivity index (χ0) is 22.1. The predicted octanol–water partition coefficient (Wildman–Crippen LogP) is 6.39. The molecule has 0 aliphatic rings. The summed E-state index contributed by atoms with van der Waals surface area (Å²) in [4.78, 5) is 0. The van der Waals surface area contributed by atoms with E-state index in [-0.39, 0.29) is 6.10 Å². The number of nitrogens with two attached hydrogens (primary N) is 1. The summed E-state index contributed by atoms with van der Waals surface area (Å²) < 4.78 is 10.2. The van der Waals surface area contributed by atoms with Crippen molar-refractivity contribution in [2.24, 2.45) is 7.05 Å². The van der Waals surface area contributed by atoms with E-state index >= 15 is 0 Å². The van der Waals surface area contributed by atoms with Gasteiger partial charge >= 0.3 is 0 Å². The zero-order valence-electron chi connectivity index (χ0n) is 19.5. The SMILES string of the molecule is CCCCCCCCCCCCC(Oc1ccc(N)cc1)c1nn(C)c2cc(C)nn12. The fourth-order valence-corrected chi connectivity index (χ4v) is 4.10. The van der Waals surface area contributed by atoms with E-state index in [1.165, 1.54) is 57.8 Å². The molecule has 3 aromatic rings. The summed E-state index contributed by atoms with van der Waals surface area (Å²) >= 11 is 0. The molecule has 0 radical (unpaired) electrons. The van der Waals surface area contributed by atoms with Crippen LogP contribution in [-0.4, -0.2) is 19.4 Å². The number of fused-ring (bicyclic) bond motifs is 1. The monoisotopic (exact) mass is 425 g/mol. The van der Waals surface area contributed by atoms with Crippen molar-refractivity contribution >= 4 is 11.3 Å². The maximum absolute atomic E-state index is 6.38. The van der Waals surface area contributed by atoms with Crippen LogP contribution in [0.25, 0.3) is 5.65 Å². The van der Waals surface area contributed by atoms with Crippen LogP contribution in [0.15, 0.2) is 30.3 Å². The van der Waals surface area contributed by atoms with Crippen LogP contribution < -0.4 is 10.5 Å². The molecule has 1 unspecified atom stereocenters. The average Bonchev–Trinajstić information content (AvgIpc) is 3.28. The summed E-state index contributed by atoms with van der Waals surface area (Å²) in [5.74, 6) is 1.67. The first kappa shape index (κ1) is 23.2. The van der Waals surface area contributed by atoms with Gasteiger partial charge in [-0.1, -0.05) is 64.7 Å². The minimum Gasteiger partial charge on any atom is -0.482 e. The molecule has 170 valence electrons. The molecule has 31 heavy (non-hydrogen) atoms. The van der Waals surface area contributed by atoms with Crippen LogP contribution in [0.3, 0.4) is 0 Å². The smallest absolute Gasteiger partial charge is 0.193 e. The molecule has 6 nitrogen and oxygen atoms in total. The summed E-state index contributed by atoms with van der Waals surface area (Å²) in [6, 6.07) is 9.65. The van der Waals surface area contributed by atoms with Gasteiger partial charge in [-0.2, -0.15) is 14.7 Å². The van der Waals surface area contributed by atoms with Crippen molar-refractivity contribution in [3.63, 3.8) is 0 Å². The molecule has 2 heterocycles. The normalized spacial score (nSPS) is 12.5. The number of anilines is 1. The Balaban J connectivity index is 1.56. The predicted molar refractivity (Wildman–Crippen MR) is 127 cm³/mol. The molecule has 2 N–H and O–H groups in total. The number of hydrogen-bond donors (Lipinski definition) is 1. The Morgan fingerprint density at radius 1 is 0.903 bits per heavy atom. The van der Waals surface area contributed by atoms with Gasteiger partial charge in [-0.05, 0) is 44.0 Å². The van der Waals surface area contributed by atoms with Gasteiger partial charge < -0.3 is 10.5 Å². The van der Waals surface area contributed by atoms with E-state index in [4.69, 9.17) is 15.6 Å². The van der Waals surface area contributed by atoms with Crippen molar-refractivity contribution in [2.45, 2.75) is 90.6 Å². The maximum Gasteiger partial charge on any atom is 0.193 e. The van der Waals surface area contributed by atoms with Crippen molar-refractivity contribution in [1.29, 1.82) is 0 Å². The van der Waals surface area contributed by atoms with E-state index in [1.54, 1.807) is 0 Å². The second-order valence-corrected chi connectivity index (χ2v) is 8.68. The summed E-state index contributed by atoms with van der Waals surface area (Å²) in [5.41, 5.74) is 8.55. The lowest BCUT2D eigenvalue weighted by atomic mass is 10.0. The second kappa shape index (κ2) is 11.8. The third kappa shape index (κ3) is 6.74. The van der Waals surface area contributed by atoms with Gasteiger partial charge in [0.2, 0.25) is 0 Å². The molecule has 0 fully saturated rings. The van der Waals surface area contributed by atoms with Crippen LogP contribution in [0.4, 0.5) is 5.69 Å². The van der Waals surface area contributed by atoms with Crippen LogP contribution in [0.1, 0.15) is 95.2 Å². The van der Waals surface area contributed by atoms with Gasteiger partial charge in [0.1, 0.15) is 5.75 Å². The van der Waals surface area contributed by atoms with Gasteiger partial charge in [0.15, 0.2) is 17.6 Å². The highest BCUT2D eigenvalue weighted by Crippen LogP contribution is 2.27.